The molecule has 6 nitrogen and oxygen atoms in total. The first-order valence-electron chi connectivity index (χ1n) is 6.46. The smallest absolute Gasteiger partial charge is 0.273 e. The molecule has 0 fully saturated rings. The highest BCUT2D eigenvalue weighted by atomic mass is 32.1. The van der Waals surface area contributed by atoms with Gasteiger partial charge in [0.15, 0.2) is 10.8 Å². The van der Waals surface area contributed by atoms with Crippen LogP contribution in [0, 0.1) is 6.92 Å². The summed E-state index contributed by atoms with van der Waals surface area (Å²) in [5, 5.41) is 12.0. The molecule has 1 amide bonds. The third kappa shape index (κ3) is 3.90. The van der Waals surface area contributed by atoms with Crippen LogP contribution in [0.4, 0.5) is 0 Å². The number of ether oxygens (including phenoxy) is 1. The highest BCUT2D eigenvalue weighted by molar-refractivity contribution is 7.13. The number of carbonyl (C=O) groups excluding carboxylic acids is 1. The summed E-state index contributed by atoms with van der Waals surface area (Å²) in [4.78, 5) is 17.9. The van der Waals surface area contributed by atoms with Crippen molar-refractivity contribution in [3.63, 3.8) is 0 Å². The third-order valence-corrected chi connectivity index (χ3v) is 3.72. The predicted molar refractivity (Wildman–Crippen MR) is 79.4 cm³/mol. The summed E-state index contributed by atoms with van der Waals surface area (Å²) >= 11 is 1.35. The van der Waals surface area contributed by atoms with E-state index in [0.29, 0.717) is 16.5 Å². The fraction of sp³-hybridized carbons (Fsp3) is 0.429. The predicted octanol–water partition coefficient (Wildman–Crippen LogP) is 1.79. The normalized spacial score (nSPS) is 12.4. The van der Waals surface area contributed by atoms with E-state index in [0.717, 1.165) is 5.76 Å². The molecule has 0 saturated heterocycles. The fourth-order valence-electron chi connectivity index (χ4n) is 1.87. The van der Waals surface area contributed by atoms with E-state index < -0.39 is 6.10 Å². The van der Waals surface area contributed by atoms with E-state index in [4.69, 9.17) is 9.15 Å². The van der Waals surface area contributed by atoms with E-state index in [1.165, 1.54) is 23.3 Å². The van der Waals surface area contributed by atoms with Gasteiger partial charge in [-0.15, -0.1) is 11.3 Å². The Balaban J connectivity index is 2.05. The van der Waals surface area contributed by atoms with E-state index in [1.54, 1.807) is 12.4 Å². The Labute approximate surface area is 127 Å². The number of nitrogens with zero attached hydrogens (tertiary/aromatic N) is 2. The molecule has 2 aromatic rings. The molecule has 2 aromatic heterocycles. The Morgan fingerprint density at radius 2 is 2.33 bits per heavy atom. The number of rotatable bonds is 6. The van der Waals surface area contributed by atoms with Crippen molar-refractivity contribution in [2.75, 3.05) is 27.3 Å². The van der Waals surface area contributed by atoms with Gasteiger partial charge < -0.3 is 19.2 Å². The molecule has 0 saturated carbocycles. The van der Waals surface area contributed by atoms with Crippen molar-refractivity contribution in [2.24, 2.45) is 0 Å². The minimum absolute atomic E-state index is 0.186. The molecule has 2 rings (SSSR count). The largest absolute Gasteiger partial charge is 0.459 e. The van der Waals surface area contributed by atoms with Crippen LogP contribution in [0.15, 0.2) is 21.9 Å². The van der Waals surface area contributed by atoms with Gasteiger partial charge in [0.1, 0.15) is 11.5 Å². The van der Waals surface area contributed by atoms with E-state index in [9.17, 15) is 9.90 Å². The molecule has 0 radical (unpaired) electrons. The van der Waals surface area contributed by atoms with Crippen LogP contribution in [0.3, 0.4) is 0 Å². The molecule has 7 heteroatoms. The monoisotopic (exact) mass is 310 g/mol. The summed E-state index contributed by atoms with van der Waals surface area (Å²) in [5.41, 5.74) is 0.344. The first-order valence-corrected chi connectivity index (χ1v) is 7.34. The molecule has 0 spiro atoms. The van der Waals surface area contributed by atoms with Gasteiger partial charge in [0.2, 0.25) is 0 Å². The molecule has 21 heavy (non-hydrogen) atoms. The molecule has 0 bridgehead atoms. The number of aliphatic hydroxyl groups is 1. The van der Waals surface area contributed by atoms with Crippen LogP contribution in [0.25, 0.3) is 10.8 Å². The molecule has 1 atom stereocenters. The Bertz CT molecular complexity index is 608. The number of methoxy groups -OCH3 is 1. The summed E-state index contributed by atoms with van der Waals surface area (Å²) in [6.07, 6.45) is -0.713. The number of likely N-dealkylation sites (N-methyl/N-ethyl adjacent to an activating group) is 1. The van der Waals surface area contributed by atoms with Crippen LogP contribution in [-0.4, -0.2) is 54.3 Å². The Morgan fingerprint density at radius 1 is 1.57 bits per heavy atom. The minimum atomic E-state index is -0.713. The van der Waals surface area contributed by atoms with Gasteiger partial charge in [-0.2, -0.15) is 0 Å². The number of hydrogen-bond donors (Lipinski definition) is 1. The molecular formula is C14H18N2O4S. The van der Waals surface area contributed by atoms with Crippen LogP contribution in [-0.2, 0) is 4.74 Å². The van der Waals surface area contributed by atoms with Crippen molar-refractivity contribution >= 4 is 17.2 Å². The summed E-state index contributed by atoms with van der Waals surface area (Å²) < 4.78 is 10.3. The summed E-state index contributed by atoms with van der Waals surface area (Å²) in [6, 6.07) is 3.68. The number of aryl methyl sites for hydroxylation is 1. The highest BCUT2D eigenvalue weighted by Gasteiger charge is 2.19. The highest BCUT2D eigenvalue weighted by Crippen LogP contribution is 2.25. The van der Waals surface area contributed by atoms with Crippen molar-refractivity contribution in [3.05, 3.63) is 29.0 Å². The first-order chi connectivity index (χ1) is 10.0. The van der Waals surface area contributed by atoms with Gasteiger partial charge >= 0.3 is 0 Å². The van der Waals surface area contributed by atoms with E-state index in [1.807, 2.05) is 19.1 Å². The Kier molecular flexibility index (Phi) is 5.11. The lowest BCUT2D eigenvalue weighted by atomic mass is 10.3. The summed E-state index contributed by atoms with van der Waals surface area (Å²) in [7, 11) is 3.13. The van der Waals surface area contributed by atoms with Crippen LogP contribution in [0.1, 0.15) is 16.2 Å². The maximum atomic E-state index is 12.2. The number of aliphatic hydroxyl groups excluding tert-OH is 1. The second-order valence-electron chi connectivity index (χ2n) is 4.74. The zero-order valence-electron chi connectivity index (χ0n) is 12.2. The van der Waals surface area contributed by atoms with E-state index in [2.05, 4.69) is 4.98 Å². The number of thiazole rings is 1. The lowest BCUT2D eigenvalue weighted by Crippen LogP contribution is -2.36. The van der Waals surface area contributed by atoms with Gasteiger partial charge in [0.25, 0.3) is 5.91 Å². The second kappa shape index (κ2) is 6.84. The standard InChI is InChI=1S/C14H18N2O4S/c1-9-4-5-12(20-9)13-15-11(8-21-13)14(18)16(2)6-10(17)7-19-3/h4-5,8,10,17H,6-7H2,1-3H3. The minimum Gasteiger partial charge on any atom is -0.459 e. The van der Waals surface area contributed by atoms with Gasteiger partial charge in [-0.05, 0) is 19.1 Å². The van der Waals surface area contributed by atoms with Crippen molar-refractivity contribution < 1.29 is 19.1 Å². The van der Waals surface area contributed by atoms with Crippen molar-refractivity contribution in [3.8, 4) is 10.8 Å². The Hall–Kier alpha value is -1.70. The molecule has 0 aliphatic rings. The number of furan rings is 1. The molecule has 114 valence electrons. The first kappa shape index (κ1) is 15.7. The van der Waals surface area contributed by atoms with E-state index >= 15 is 0 Å². The second-order valence-corrected chi connectivity index (χ2v) is 5.60. The zero-order chi connectivity index (χ0) is 15.4. The van der Waals surface area contributed by atoms with Gasteiger partial charge in [0, 0.05) is 26.1 Å². The molecular weight excluding hydrogens is 292 g/mol. The number of amides is 1. The molecule has 0 aliphatic carbocycles. The molecule has 0 aromatic carbocycles. The molecule has 1 unspecified atom stereocenters. The Morgan fingerprint density at radius 3 is 2.95 bits per heavy atom. The average molecular weight is 310 g/mol. The topological polar surface area (TPSA) is 75.8 Å². The van der Waals surface area contributed by atoms with Crippen LogP contribution in [0.5, 0.6) is 0 Å². The zero-order valence-corrected chi connectivity index (χ0v) is 13.0. The van der Waals surface area contributed by atoms with Crippen LogP contribution >= 0.6 is 11.3 Å². The number of hydrogen-bond acceptors (Lipinski definition) is 6. The van der Waals surface area contributed by atoms with Gasteiger partial charge in [-0.25, -0.2) is 4.98 Å². The lowest BCUT2D eigenvalue weighted by Gasteiger charge is -2.19. The van der Waals surface area contributed by atoms with Gasteiger partial charge in [-0.1, -0.05) is 0 Å². The quantitative estimate of drug-likeness (QED) is 0.880. The van der Waals surface area contributed by atoms with Gasteiger partial charge in [0.05, 0.1) is 12.7 Å². The lowest BCUT2D eigenvalue weighted by molar-refractivity contribution is 0.0378. The molecule has 0 aliphatic heterocycles. The third-order valence-electron chi connectivity index (χ3n) is 2.86. The van der Waals surface area contributed by atoms with Crippen molar-refractivity contribution in [1.29, 1.82) is 0 Å². The SMILES string of the molecule is COCC(O)CN(C)C(=O)c1csc(-c2ccc(C)o2)n1. The van der Waals surface area contributed by atoms with E-state index in [-0.39, 0.29) is 19.1 Å². The number of aromatic nitrogens is 1. The van der Waals surface area contributed by atoms with Crippen molar-refractivity contribution in [1.82, 2.24) is 9.88 Å². The maximum Gasteiger partial charge on any atom is 0.273 e. The molecule has 1 N–H and O–H groups in total. The van der Waals surface area contributed by atoms with Gasteiger partial charge in [-0.3, -0.25) is 4.79 Å². The molecule has 2 heterocycles. The van der Waals surface area contributed by atoms with Crippen molar-refractivity contribution in [2.45, 2.75) is 13.0 Å². The van der Waals surface area contributed by atoms with Crippen LogP contribution in [0.2, 0.25) is 0 Å². The number of carbonyl (C=O) groups is 1. The maximum absolute atomic E-state index is 12.2. The summed E-state index contributed by atoms with van der Waals surface area (Å²) in [5.74, 6) is 1.21. The average Bonchev–Trinajstić information content (AvgIpc) is 3.06. The fourth-order valence-corrected chi connectivity index (χ4v) is 2.63. The van der Waals surface area contributed by atoms with Crippen LogP contribution < -0.4 is 0 Å². The summed E-state index contributed by atoms with van der Waals surface area (Å²) in [6.45, 7) is 2.24.